The predicted molar refractivity (Wildman–Crippen MR) is 84.8 cm³/mol. The van der Waals surface area contributed by atoms with Gasteiger partial charge < -0.3 is 20.8 Å². The highest BCUT2D eigenvalue weighted by Gasteiger charge is 2.22. The molecule has 0 saturated carbocycles. The minimum atomic E-state index is -1.34. The van der Waals surface area contributed by atoms with Crippen molar-refractivity contribution in [1.29, 1.82) is 0 Å². The van der Waals surface area contributed by atoms with Crippen molar-refractivity contribution in [2.24, 2.45) is 0 Å². The number of nitrogens with one attached hydrogen (secondary N) is 2. The van der Waals surface area contributed by atoms with Crippen LogP contribution in [0.3, 0.4) is 0 Å². The normalized spacial score (nSPS) is 13.2. The SMILES string of the molecule is O=C(O)N[C@@H](Cc1cc(F)cc(F)c1)[C@H](O)CNCc1cnccn1. The number of rotatable bonds is 8. The van der Waals surface area contributed by atoms with E-state index >= 15 is 0 Å². The number of nitrogens with zero attached hydrogens (tertiary/aromatic N) is 2. The number of aliphatic hydroxyl groups excluding tert-OH is 1. The maximum absolute atomic E-state index is 13.3. The molecule has 25 heavy (non-hydrogen) atoms. The molecule has 0 radical (unpaired) electrons. The summed E-state index contributed by atoms with van der Waals surface area (Å²) < 4.78 is 26.5. The summed E-state index contributed by atoms with van der Waals surface area (Å²) in [6.45, 7) is 0.388. The van der Waals surface area contributed by atoms with Gasteiger partial charge in [-0.15, -0.1) is 0 Å². The van der Waals surface area contributed by atoms with Gasteiger partial charge in [0.15, 0.2) is 0 Å². The van der Waals surface area contributed by atoms with Crippen LogP contribution in [0.2, 0.25) is 0 Å². The molecule has 2 aromatic rings. The summed E-state index contributed by atoms with van der Waals surface area (Å²) in [5, 5.41) is 24.2. The zero-order chi connectivity index (χ0) is 18.2. The first-order chi connectivity index (χ1) is 11.9. The largest absolute Gasteiger partial charge is 0.465 e. The Labute approximate surface area is 142 Å². The average molecular weight is 352 g/mol. The Morgan fingerprint density at radius 3 is 2.52 bits per heavy atom. The Morgan fingerprint density at radius 2 is 1.92 bits per heavy atom. The first-order valence-electron chi connectivity index (χ1n) is 7.52. The van der Waals surface area contributed by atoms with Crippen LogP contribution in [-0.2, 0) is 13.0 Å². The maximum Gasteiger partial charge on any atom is 0.404 e. The van der Waals surface area contributed by atoms with E-state index in [0.717, 1.165) is 18.2 Å². The van der Waals surface area contributed by atoms with Crippen LogP contribution in [0.4, 0.5) is 13.6 Å². The summed E-state index contributed by atoms with van der Waals surface area (Å²) in [6.07, 6.45) is 2.11. The summed E-state index contributed by atoms with van der Waals surface area (Å²) in [7, 11) is 0. The fourth-order valence-electron chi connectivity index (χ4n) is 2.34. The highest BCUT2D eigenvalue weighted by molar-refractivity contribution is 5.65. The molecule has 0 spiro atoms. The molecule has 0 unspecified atom stereocenters. The molecule has 0 bridgehead atoms. The van der Waals surface area contributed by atoms with Crippen molar-refractivity contribution in [3.8, 4) is 0 Å². The number of halogens is 2. The third kappa shape index (κ3) is 6.40. The van der Waals surface area contributed by atoms with Crippen LogP contribution in [-0.4, -0.2) is 45.0 Å². The lowest BCUT2D eigenvalue weighted by Gasteiger charge is -2.23. The second-order valence-corrected chi connectivity index (χ2v) is 5.43. The van der Waals surface area contributed by atoms with Crippen molar-refractivity contribution in [2.75, 3.05) is 6.54 Å². The Kier molecular flexibility index (Phi) is 6.72. The quantitative estimate of drug-likeness (QED) is 0.566. The van der Waals surface area contributed by atoms with Gasteiger partial charge in [-0.1, -0.05) is 0 Å². The molecule has 9 heteroatoms. The Morgan fingerprint density at radius 1 is 1.20 bits per heavy atom. The van der Waals surface area contributed by atoms with E-state index in [2.05, 4.69) is 20.6 Å². The number of hydrogen-bond acceptors (Lipinski definition) is 5. The second kappa shape index (κ2) is 9.00. The third-order valence-corrected chi connectivity index (χ3v) is 3.43. The molecule has 0 aliphatic rings. The number of aliphatic hydroxyl groups is 1. The molecule has 1 amide bonds. The first-order valence-corrected chi connectivity index (χ1v) is 7.52. The molecule has 7 nitrogen and oxygen atoms in total. The van der Waals surface area contributed by atoms with Gasteiger partial charge in [0.1, 0.15) is 11.6 Å². The minimum Gasteiger partial charge on any atom is -0.465 e. The molecule has 0 saturated heterocycles. The van der Waals surface area contributed by atoms with Crippen molar-refractivity contribution in [3.63, 3.8) is 0 Å². The number of carboxylic acid groups (broad SMARTS) is 1. The highest BCUT2D eigenvalue weighted by atomic mass is 19.1. The molecule has 4 N–H and O–H groups in total. The topological polar surface area (TPSA) is 107 Å². The van der Waals surface area contributed by atoms with Crippen LogP contribution in [0.15, 0.2) is 36.8 Å². The van der Waals surface area contributed by atoms with Crippen molar-refractivity contribution in [1.82, 2.24) is 20.6 Å². The Bertz CT molecular complexity index is 683. The molecule has 0 aliphatic carbocycles. The van der Waals surface area contributed by atoms with Crippen LogP contribution in [0.25, 0.3) is 0 Å². The monoisotopic (exact) mass is 352 g/mol. The van der Waals surface area contributed by atoms with Crippen LogP contribution in [0.1, 0.15) is 11.3 Å². The molecule has 1 aromatic heterocycles. The summed E-state index contributed by atoms with van der Waals surface area (Å²) in [4.78, 5) is 18.9. The van der Waals surface area contributed by atoms with Crippen molar-refractivity contribution in [3.05, 3.63) is 59.7 Å². The van der Waals surface area contributed by atoms with Gasteiger partial charge in [-0.3, -0.25) is 9.97 Å². The number of carbonyl (C=O) groups is 1. The first kappa shape index (κ1) is 18.7. The van der Waals surface area contributed by atoms with Gasteiger partial charge in [0.05, 0.1) is 17.8 Å². The van der Waals surface area contributed by atoms with Crippen molar-refractivity contribution < 1.29 is 23.8 Å². The van der Waals surface area contributed by atoms with Crippen LogP contribution >= 0.6 is 0 Å². The van der Waals surface area contributed by atoms with Crippen molar-refractivity contribution in [2.45, 2.75) is 25.1 Å². The summed E-state index contributed by atoms with van der Waals surface area (Å²) in [5.41, 5.74) is 0.897. The average Bonchev–Trinajstić information content (AvgIpc) is 2.54. The van der Waals surface area contributed by atoms with Crippen molar-refractivity contribution >= 4 is 6.09 Å². The van der Waals surface area contributed by atoms with E-state index in [9.17, 15) is 18.7 Å². The molecular formula is C16H18F2N4O3. The molecule has 2 atom stereocenters. The summed E-state index contributed by atoms with van der Waals surface area (Å²) in [6, 6.07) is 1.98. The van der Waals surface area contributed by atoms with E-state index in [1.54, 1.807) is 6.20 Å². The predicted octanol–water partition coefficient (Wildman–Crippen LogP) is 1.08. The standard InChI is InChI=1S/C16H18F2N4O3/c17-11-3-10(4-12(18)6-11)5-14(22-16(24)25)15(23)9-20-8-13-7-19-1-2-21-13/h1-4,6-7,14-15,20,22-23H,5,8-9H2,(H,24,25)/t14-,15+/m0/s1. The second-order valence-electron chi connectivity index (χ2n) is 5.43. The highest BCUT2D eigenvalue weighted by Crippen LogP contribution is 2.12. The molecule has 2 rings (SSSR count). The maximum atomic E-state index is 13.3. The molecule has 1 heterocycles. The lowest BCUT2D eigenvalue weighted by molar-refractivity contribution is 0.117. The molecule has 0 fully saturated rings. The lowest BCUT2D eigenvalue weighted by Crippen LogP contribution is -2.48. The third-order valence-electron chi connectivity index (χ3n) is 3.43. The number of amides is 1. The molecular weight excluding hydrogens is 334 g/mol. The van der Waals surface area contributed by atoms with Gasteiger partial charge in [0.2, 0.25) is 0 Å². The molecule has 1 aromatic carbocycles. The summed E-state index contributed by atoms with van der Waals surface area (Å²) in [5.74, 6) is -1.53. The Balaban J connectivity index is 1.96. The van der Waals surface area contributed by atoms with E-state index in [4.69, 9.17) is 5.11 Å². The van der Waals surface area contributed by atoms with Gasteiger partial charge in [-0.25, -0.2) is 13.6 Å². The smallest absolute Gasteiger partial charge is 0.404 e. The zero-order valence-electron chi connectivity index (χ0n) is 13.2. The van der Waals surface area contributed by atoms with Gasteiger partial charge in [-0.05, 0) is 24.1 Å². The fourth-order valence-corrected chi connectivity index (χ4v) is 2.34. The number of aromatic nitrogens is 2. The lowest BCUT2D eigenvalue weighted by atomic mass is 10.0. The number of hydrogen-bond donors (Lipinski definition) is 4. The van der Waals surface area contributed by atoms with Crippen LogP contribution in [0, 0.1) is 11.6 Å². The molecule has 134 valence electrons. The van der Waals surface area contributed by atoms with Gasteiger partial charge in [0.25, 0.3) is 0 Å². The Hall–Kier alpha value is -2.65. The van der Waals surface area contributed by atoms with E-state index in [1.165, 1.54) is 12.4 Å². The zero-order valence-corrected chi connectivity index (χ0v) is 13.2. The summed E-state index contributed by atoms with van der Waals surface area (Å²) >= 11 is 0. The minimum absolute atomic E-state index is 0.0549. The van der Waals surface area contributed by atoms with E-state index in [1.807, 2.05) is 0 Å². The fraction of sp³-hybridized carbons (Fsp3) is 0.312. The van der Waals surface area contributed by atoms with Crippen LogP contribution < -0.4 is 10.6 Å². The van der Waals surface area contributed by atoms with Gasteiger partial charge in [0, 0.05) is 37.7 Å². The van der Waals surface area contributed by atoms with E-state index in [-0.39, 0.29) is 18.5 Å². The van der Waals surface area contributed by atoms with Gasteiger partial charge >= 0.3 is 6.09 Å². The van der Waals surface area contributed by atoms with Crippen LogP contribution in [0.5, 0.6) is 0 Å². The van der Waals surface area contributed by atoms with E-state index in [0.29, 0.717) is 12.2 Å². The number of benzene rings is 1. The van der Waals surface area contributed by atoms with E-state index < -0.39 is 29.9 Å². The molecule has 0 aliphatic heterocycles. The van der Waals surface area contributed by atoms with Gasteiger partial charge in [-0.2, -0.15) is 0 Å².